The summed E-state index contributed by atoms with van der Waals surface area (Å²) in [4.78, 5) is 14.2. The van der Waals surface area contributed by atoms with Crippen molar-refractivity contribution in [1.82, 2.24) is 10.1 Å². The lowest BCUT2D eigenvalue weighted by atomic mass is 10.1. The molecule has 3 rings (SSSR count). The average Bonchev–Trinajstić information content (AvgIpc) is 3.16. The van der Waals surface area contributed by atoms with Crippen LogP contribution in [0.2, 0.25) is 0 Å². The molecular formula is C16H18N2O4S. The van der Waals surface area contributed by atoms with Gasteiger partial charge in [0, 0.05) is 24.2 Å². The first-order valence-electron chi connectivity index (χ1n) is 7.53. The van der Waals surface area contributed by atoms with Gasteiger partial charge in [0.05, 0.1) is 11.5 Å². The van der Waals surface area contributed by atoms with Crippen LogP contribution < -0.4 is 0 Å². The summed E-state index contributed by atoms with van der Waals surface area (Å²) in [6, 6.07) is 10.7. The molecule has 0 N–H and O–H groups in total. The number of aromatic nitrogens is 1. The van der Waals surface area contributed by atoms with Gasteiger partial charge < -0.3 is 9.42 Å². The first-order valence-corrected chi connectivity index (χ1v) is 9.36. The number of carbonyl (C=O) groups excluding carboxylic acids is 1. The third-order valence-electron chi connectivity index (χ3n) is 4.04. The van der Waals surface area contributed by atoms with E-state index in [0.29, 0.717) is 18.7 Å². The Morgan fingerprint density at radius 2 is 2.09 bits per heavy atom. The van der Waals surface area contributed by atoms with Gasteiger partial charge in [-0.1, -0.05) is 35.5 Å². The van der Waals surface area contributed by atoms with Gasteiger partial charge in [0.1, 0.15) is 0 Å². The van der Waals surface area contributed by atoms with Gasteiger partial charge in [0.25, 0.3) is 5.91 Å². The van der Waals surface area contributed by atoms with Crippen molar-refractivity contribution in [2.75, 3.05) is 18.1 Å². The highest BCUT2D eigenvalue weighted by atomic mass is 32.2. The predicted octanol–water partition coefficient (Wildman–Crippen LogP) is 1.99. The van der Waals surface area contributed by atoms with E-state index in [1.54, 1.807) is 11.0 Å². The molecule has 7 heteroatoms. The fraction of sp³-hybridized carbons (Fsp3) is 0.375. The van der Waals surface area contributed by atoms with E-state index in [0.717, 1.165) is 5.56 Å². The molecule has 1 aromatic heterocycles. The van der Waals surface area contributed by atoms with Gasteiger partial charge in [-0.2, -0.15) is 0 Å². The SMILES string of the molecule is CCN(C(=O)c1cc(-c2ccccc2)on1)C1CCS(=O)(=O)C1. The van der Waals surface area contributed by atoms with E-state index in [2.05, 4.69) is 5.16 Å². The molecule has 6 nitrogen and oxygen atoms in total. The lowest BCUT2D eigenvalue weighted by Gasteiger charge is -2.25. The van der Waals surface area contributed by atoms with Gasteiger partial charge in [-0.15, -0.1) is 0 Å². The fourth-order valence-electron chi connectivity index (χ4n) is 2.85. The Morgan fingerprint density at radius 3 is 2.70 bits per heavy atom. The molecule has 1 fully saturated rings. The second-order valence-corrected chi connectivity index (χ2v) is 7.82. The molecule has 1 unspecified atom stereocenters. The van der Waals surface area contributed by atoms with E-state index in [1.165, 1.54) is 0 Å². The summed E-state index contributed by atoms with van der Waals surface area (Å²) in [5.74, 6) is 0.385. The first-order chi connectivity index (χ1) is 11.0. The molecule has 122 valence electrons. The Morgan fingerprint density at radius 1 is 1.35 bits per heavy atom. The Balaban J connectivity index is 1.81. The van der Waals surface area contributed by atoms with E-state index in [4.69, 9.17) is 4.52 Å². The Labute approximate surface area is 135 Å². The number of nitrogens with zero attached hydrogens (tertiary/aromatic N) is 2. The molecular weight excluding hydrogens is 316 g/mol. The molecule has 1 amide bonds. The summed E-state index contributed by atoms with van der Waals surface area (Å²) in [5, 5.41) is 3.85. The zero-order chi connectivity index (χ0) is 16.4. The fourth-order valence-corrected chi connectivity index (χ4v) is 4.58. The molecule has 1 aliphatic heterocycles. The predicted molar refractivity (Wildman–Crippen MR) is 85.7 cm³/mol. The maximum atomic E-state index is 12.6. The quantitative estimate of drug-likeness (QED) is 0.854. The van der Waals surface area contributed by atoms with E-state index >= 15 is 0 Å². The van der Waals surface area contributed by atoms with Crippen molar-refractivity contribution < 1.29 is 17.7 Å². The first kappa shape index (κ1) is 15.7. The van der Waals surface area contributed by atoms with Crippen LogP contribution in [0.3, 0.4) is 0 Å². The van der Waals surface area contributed by atoms with Crippen LogP contribution in [-0.2, 0) is 9.84 Å². The monoisotopic (exact) mass is 334 g/mol. The standard InChI is InChI=1S/C16H18N2O4S/c1-2-18(13-8-9-23(20,21)11-13)16(19)14-10-15(22-17-14)12-6-4-3-5-7-12/h3-7,10,13H,2,8-9,11H2,1H3. The van der Waals surface area contributed by atoms with Gasteiger partial charge in [0.15, 0.2) is 21.3 Å². The molecule has 1 aromatic carbocycles. The van der Waals surface area contributed by atoms with Crippen LogP contribution in [0.1, 0.15) is 23.8 Å². The highest BCUT2D eigenvalue weighted by Crippen LogP contribution is 2.23. The zero-order valence-corrected chi connectivity index (χ0v) is 13.6. The van der Waals surface area contributed by atoms with Gasteiger partial charge in [-0.05, 0) is 13.3 Å². The number of hydrogen-bond acceptors (Lipinski definition) is 5. The number of sulfone groups is 1. The Kier molecular flexibility index (Phi) is 4.21. The Hall–Kier alpha value is -2.15. The normalized spacial score (nSPS) is 19.6. The number of benzene rings is 1. The number of rotatable bonds is 4. The summed E-state index contributed by atoms with van der Waals surface area (Å²) in [7, 11) is -3.04. The van der Waals surface area contributed by atoms with Crippen LogP contribution in [-0.4, -0.2) is 48.5 Å². The van der Waals surface area contributed by atoms with Gasteiger partial charge in [0.2, 0.25) is 0 Å². The van der Waals surface area contributed by atoms with Crippen LogP contribution in [0.5, 0.6) is 0 Å². The lowest BCUT2D eigenvalue weighted by Crippen LogP contribution is -2.41. The van der Waals surface area contributed by atoms with E-state index in [-0.39, 0.29) is 29.1 Å². The van der Waals surface area contributed by atoms with E-state index in [9.17, 15) is 13.2 Å². The van der Waals surface area contributed by atoms with Crippen molar-refractivity contribution in [3.63, 3.8) is 0 Å². The molecule has 0 bridgehead atoms. The average molecular weight is 334 g/mol. The molecule has 0 spiro atoms. The van der Waals surface area contributed by atoms with Crippen LogP contribution in [0.25, 0.3) is 11.3 Å². The maximum absolute atomic E-state index is 12.6. The van der Waals surface area contributed by atoms with Gasteiger partial charge in [-0.3, -0.25) is 4.79 Å². The molecule has 0 radical (unpaired) electrons. The minimum Gasteiger partial charge on any atom is -0.355 e. The third kappa shape index (κ3) is 3.29. The van der Waals surface area contributed by atoms with Crippen molar-refractivity contribution in [3.05, 3.63) is 42.1 Å². The smallest absolute Gasteiger partial charge is 0.276 e. The van der Waals surface area contributed by atoms with Crippen molar-refractivity contribution in [3.8, 4) is 11.3 Å². The molecule has 2 aromatic rings. The molecule has 23 heavy (non-hydrogen) atoms. The van der Waals surface area contributed by atoms with Gasteiger partial charge in [-0.25, -0.2) is 8.42 Å². The molecule has 1 saturated heterocycles. The van der Waals surface area contributed by atoms with Crippen LogP contribution in [0, 0.1) is 0 Å². The highest BCUT2D eigenvalue weighted by molar-refractivity contribution is 7.91. The van der Waals surface area contributed by atoms with Crippen molar-refractivity contribution in [2.45, 2.75) is 19.4 Å². The minimum absolute atomic E-state index is 0.0238. The molecule has 1 aliphatic rings. The molecule has 2 heterocycles. The zero-order valence-electron chi connectivity index (χ0n) is 12.8. The van der Waals surface area contributed by atoms with Gasteiger partial charge >= 0.3 is 0 Å². The highest BCUT2D eigenvalue weighted by Gasteiger charge is 2.35. The summed E-state index contributed by atoms with van der Waals surface area (Å²) >= 11 is 0. The second-order valence-electron chi connectivity index (χ2n) is 5.59. The minimum atomic E-state index is -3.04. The topological polar surface area (TPSA) is 80.5 Å². The maximum Gasteiger partial charge on any atom is 0.276 e. The number of hydrogen-bond donors (Lipinski definition) is 0. The molecule has 0 aliphatic carbocycles. The van der Waals surface area contributed by atoms with Crippen molar-refractivity contribution >= 4 is 15.7 Å². The van der Waals surface area contributed by atoms with E-state index in [1.807, 2.05) is 37.3 Å². The lowest BCUT2D eigenvalue weighted by molar-refractivity contribution is 0.0698. The summed E-state index contributed by atoms with van der Waals surface area (Å²) in [6.45, 7) is 2.27. The van der Waals surface area contributed by atoms with Crippen LogP contribution >= 0.6 is 0 Å². The Bertz CT molecular complexity index is 798. The van der Waals surface area contributed by atoms with E-state index < -0.39 is 9.84 Å². The summed E-state index contributed by atoms with van der Waals surface area (Å²) in [6.07, 6.45) is 0.477. The molecule has 1 atom stereocenters. The molecule has 0 saturated carbocycles. The summed E-state index contributed by atoms with van der Waals surface area (Å²) < 4.78 is 28.5. The summed E-state index contributed by atoms with van der Waals surface area (Å²) in [5.41, 5.74) is 1.04. The number of carbonyl (C=O) groups is 1. The van der Waals surface area contributed by atoms with Crippen molar-refractivity contribution in [2.24, 2.45) is 0 Å². The third-order valence-corrected chi connectivity index (χ3v) is 5.79. The van der Waals surface area contributed by atoms with Crippen molar-refractivity contribution in [1.29, 1.82) is 0 Å². The second kappa shape index (κ2) is 6.16. The van der Waals surface area contributed by atoms with Crippen LogP contribution in [0.15, 0.2) is 40.9 Å². The van der Waals surface area contributed by atoms with Crippen LogP contribution in [0.4, 0.5) is 0 Å². The number of amides is 1. The largest absolute Gasteiger partial charge is 0.355 e.